The van der Waals surface area contributed by atoms with E-state index in [0.29, 0.717) is 25.9 Å². The largest absolute Gasteiger partial charge is 0.351 e. The molecule has 1 spiro atoms. The maximum absolute atomic E-state index is 12.9. The van der Waals surface area contributed by atoms with Gasteiger partial charge in [-0.3, -0.25) is 19.7 Å². The first kappa shape index (κ1) is 20.2. The number of carbonyl (C=O) groups excluding carboxylic acids is 4. The number of nitrogens with zero attached hydrogens (tertiary/aromatic N) is 1. The lowest BCUT2D eigenvalue weighted by atomic mass is 9.67. The number of carbonyl (C=O) groups is 4. The fraction of sp³-hybridized carbons (Fsp3) is 0.579. The molecule has 0 radical (unpaired) electrons. The third-order valence-corrected chi connectivity index (χ3v) is 8.00. The number of likely N-dealkylation sites (tertiary alicyclic amines) is 1. The van der Waals surface area contributed by atoms with Gasteiger partial charge in [0.1, 0.15) is 10.4 Å². The second-order valence-corrected chi connectivity index (χ2v) is 9.81. The lowest BCUT2D eigenvalue weighted by Crippen LogP contribution is -2.62. The molecule has 4 rings (SSSR count). The molecule has 8 nitrogen and oxygen atoms in total. The van der Waals surface area contributed by atoms with Gasteiger partial charge in [0.05, 0.1) is 0 Å². The van der Waals surface area contributed by atoms with Gasteiger partial charge in [-0.25, -0.2) is 4.79 Å². The molecule has 2 saturated heterocycles. The minimum atomic E-state index is -0.924. The molecule has 2 unspecified atom stereocenters. The highest BCUT2D eigenvalue weighted by Gasteiger charge is 2.57. The minimum absolute atomic E-state index is 0.0171. The topological polar surface area (TPSA) is 108 Å². The van der Waals surface area contributed by atoms with Gasteiger partial charge in [-0.15, -0.1) is 23.1 Å². The summed E-state index contributed by atoms with van der Waals surface area (Å²) < 4.78 is 0. The van der Waals surface area contributed by atoms with Crippen molar-refractivity contribution >= 4 is 46.9 Å². The summed E-state index contributed by atoms with van der Waals surface area (Å²) in [4.78, 5) is 52.5. The molecule has 29 heavy (non-hydrogen) atoms. The lowest BCUT2D eigenvalue weighted by Gasteiger charge is -2.43. The molecule has 1 aromatic heterocycles. The molecule has 1 aliphatic carbocycles. The van der Waals surface area contributed by atoms with E-state index in [2.05, 4.69) is 22.9 Å². The van der Waals surface area contributed by atoms with Crippen molar-refractivity contribution in [1.29, 1.82) is 0 Å². The quantitative estimate of drug-likeness (QED) is 0.489. The summed E-state index contributed by atoms with van der Waals surface area (Å²) in [6, 6.07) is 1.34. The van der Waals surface area contributed by atoms with Gasteiger partial charge in [0, 0.05) is 29.9 Å². The Hall–Kier alpha value is -2.07. The minimum Gasteiger partial charge on any atom is -0.351 e. The van der Waals surface area contributed by atoms with Crippen LogP contribution in [0.15, 0.2) is 16.3 Å². The number of amides is 5. The number of urea groups is 1. The zero-order valence-corrected chi connectivity index (χ0v) is 18.0. The van der Waals surface area contributed by atoms with Gasteiger partial charge < -0.3 is 15.5 Å². The van der Waals surface area contributed by atoms with Crippen molar-refractivity contribution in [3.05, 3.63) is 16.3 Å². The van der Waals surface area contributed by atoms with Gasteiger partial charge in [-0.05, 0) is 42.9 Å². The molecule has 2 atom stereocenters. The Morgan fingerprint density at radius 2 is 2.10 bits per heavy atom. The van der Waals surface area contributed by atoms with Crippen molar-refractivity contribution in [2.45, 2.75) is 42.7 Å². The van der Waals surface area contributed by atoms with Crippen LogP contribution in [0, 0.1) is 11.8 Å². The van der Waals surface area contributed by atoms with Crippen molar-refractivity contribution in [2.24, 2.45) is 11.8 Å². The SMILES string of the molecule is CSc1ccsc1C(=O)N1CCC(C)C(NC(=O)C2CC3(C2)NC(=O)NC3=O)C1. The van der Waals surface area contributed by atoms with Crippen LogP contribution < -0.4 is 16.0 Å². The van der Waals surface area contributed by atoms with Crippen molar-refractivity contribution < 1.29 is 19.2 Å². The Kier molecular flexibility index (Phi) is 5.32. The number of thioether (sulfide) groups is 1. The normalized spacial score (nSPS) is 31.2. The smallest absolute Gasteiger partial charge is 0.322 e. The Morgan fingerprint density at radius 1 is 1.34 bits per heavy atom. The van der Waals surface area contributed by atoms with Crippen molar-refractivity contribution in [2.75, 3.05) is 19.3 Å². The average molecular weight is 437 g/mol. The van der Waals surface area contributed by atoms with E-state index in [-0.39, 0.29) is 35.6 Å². The van der Waals surface area contributed by atoms with Gasteiger partial charge in [-0.1, -0.05) is 6.92 Å². The highest BCUT2D eigenvalue weighted by atomic mass is 32.2. The summed E-state index contributed by atoms with van der Waals surface area (Å²) in [5, 5.41) is 9.87. The van der Waals surface area contributed by atoms with Gasteiger partial charge in [-0.2, -0.15) is 0 Å². The fourth-order valence-electron chi connectivity index (χ4n) is 4.28. The third-order valence-electron chi connectivity index (χ3n) is 6.19. The highest BCUT2D eigenvalue weighted by molar-refractivity contribution is 7.98. The first-order valence-electron chi connectivity index (χ1n) is 9.67. The Bertz CT molecular complexity index is 864. The van der Waals surface area contributed by atoms with Crippen LogP contribution in [0.5, 0.6) is 0 Å². The van der Waals surface area contributed by atoms with E-state index < -0.39 is 11.6 Å². The van der Waals surface area contributed by atoms with E-state index in [1.54, 1.807) is 11.8 Å². The van der Waals surface area contributed by atoms with Crippen LogP contribution in [-0.2, 0) is 9.59 Å². The van der Waals surface area contributed by atoms with Crippen LogP contribution in [0.2, 0.25) is 0 Å². The average Bonchev–Trinajstić information content (AvgIpc) is 3.25. The molecule has 5 amide bonds. The summed E-state index contributed by atoms with van der Waals surface area (Å²) in [7, 11) is 0. The van der Waals surface area contributed by atoms with E-state index in [4.69, 9.17) is 0 Å². The molecule has 3 aliphatic rings. The Labute approximate surface area is 177 Å². The fourth-order valence-corrected chi connectivity index (χ4v) is 5.99. The molecule has 0 aromatic carbocycles. The van der Waals surface area contributed by atoms with Crippen LogP contribution in [-0.4, -0.2) is 59.6 Å². The third kappa shape index (κ3) is 3.63. The molecule has 3 fully saturated rings. The summed E-state index contributed by atoms with van der Waals surface area (Å²) in [6.07, 6.45) is 3.40. The summed E-state index contributed by atoms with van der Waals surface area (Å²) >= 11 is 3.01. The van der Waals surface area contributed by atoms with Gasteiger partial charge in [0.15, 0.2) is 0 Å². The number of piperidine rings is 1. The monoisotopic (exact) mass is 436 g/mol. The molecule has 2 aliphatic heterocycles. The molecule has 3 heterocycles. The maximum atomic E-state index is 12.9. The predicted octanol–water partition coefficient (Wildman–Crippen LogP) is 1.42. The second kappa shape index (κ2) is 7.64. The summed E-state index contributed by atoms with van der Waals surface area (Å²) in [5.41, 5.74) is -0.924. The van der Waals surface area contributed by atoms with Gasteiger partial charge >= 0.3 is 6.03 Å². The molecule has 156 valence electrons. The zero-order valence-electron chi connectivity index (χ0n) is 16.3. The summed E-state index contributed by atoms with van der Waals surface area (Å²) in [6.45, 7) is 3.24. The molecular formula is C19H24N4O4S2. The van der Waals surface area contributed by atoms with Crippen LogP contribution >= 0.6 is 23.1 Å². The second-order valence-electron chi connectivity index (χ2n) is 8.05. The predicted molar refractivity (Wildman–Crippen MR) is 110 cm³/mol. The molecule has 3 N–H and O–H groups in total. The van der Waals surface area contributed by atoms with Crippen LogP contribution in [0.1, 0.15) is 35.9 Å². The Morgan fingerprint density at radius 3 is 2.76 bits per heavy atom. The first-order valence-corrected chi connectivity index (χ1v) is 11.8. The van der Waals surface area contributed by atoms with Crippen LogP contribution in [0.25, 0.3) is 0 Å². The zero-order chi connectivity index (χ0) is 20.8. The van der Waals surface area contributed by atoms with E-state index >= 15 is 0 Å². The number of hydrogen-bond acceptors (Lipinski definition) is 6. The van der Waals surface area contributed by atoms with Crippen molar-refractivity contribution in [1.82, 2.24) is 20.9 Å². The Balaban J connectivity index is 1.36. The maximum Gasteiger partial charge on any atom is 0.322 e. The number of imide groups is 1. The molecule has 10 heteroatoms. The van der Waals surface area contributed by atoms with Gasteiger partial charge in [0.25, 0.3) is 11.8 Å². The molecule has 1 aromatic rings. The van der Waals surface area contributed by atoms with Crippen LogP contribution in [0.4, 0.5) is 4.79 Å². The number of rotatable bonds is 4. The van der Waals surface area contributed by atoms with E-state index in [0.717, 1.165) is 16.2 Å². The van der Waals surface area contributed by atoms with E-state index in [9.17, 15) is 19.2 Å². The molecule has 1 saturated carbocycles. The first-order chi connectivity index (χ1) is 13.8. The molecular weight excluding hydrogens is 412 g/mol. The highest BCUT2D eigenvalue weighted by Crippen LogP contribution is 2.40. The number of thiophene rings is 1. The summed E-state index contributed by atoms with van der Waals surface area (Å²) in [5.74, 6) is -0.498. The van der Waals surface area contributed by atoms with Crippen LogP contribution in [0.3, 0.4) is 0 Å². The lowest BCUT2D eigenvalue weighted by molar-refractivity contribution is -0.137. The number of hydrogen-bond donors (Lipinski definition) is 3. The van der Waals surface area contributed by atoms with E-state index in [1.807, 2.05) is 22.6 Å². The van der Waals surface area contributed by atoms with E-state index in [1.165, 1.54) is 11.3 Å². The van der Waals surface area contributed by atoms with Crippen molar-refractivity contribution in [3.8, 4) is 0 Å². The molecule has 0 bridgehead atoms. The standard InChI is InChI=1S/C19H24N4O4S2/c1-10-3-5-23(16(25)14-13(28-2)4-6-29-14)9-12(10)20-15(24)11-7-19(8-11)17(26)21-18(27)22-19/h4,6,10-12H,3,5,7-9H2,1-2H3,(H,20,24)(H2,21,22,26,27). The number of nitrogens with one attached hydrogen (secondary N) is 3. The van der Waals surface area contributed by atoms with Gasteiger partial charge in [0.2, 0.25) is 5.91 Å². The van der Waals surface area contributed by atoms with Crippen molar-refractivity contribution in [3.63, 3.8) is 0 Å².